The number of thioether (sulfide) groups is 1. The Morgan fingerprint density at radius 2 is 2.11 bits per heavy atom. The Hall–Kier alpha value is -2.06. The van der Waals surface area contributed by atoms with Gasteiger partial charge in [-0.05, 0) is 43.0 Å². The number of aromatic nitrogens is 1. The third-order valence-electron chi connectivity index (χ3n) is 4.60. The monoisotopic (exact) mass is 419 g/mol. The Balaban J connectivity index is 1.43. The average molecular weight is 420 g/mol. The van der Waals surface area contributed by atoms with Gasteiger partial charge in [-0.15, -0.1) is 23.1 Å². The summed E-state index contributed by atoms with van der Waals surface area (Å²) in [6, 6.07) is 7.62. The van der Waals surface area contributed by atoms with Crippen molar-refractivity contribution in [1.29, 1.82) is 0 Å². The zero-order valence-electron chi connectivity index (χ0n) is 16.1. The molecule has 0 bridgehead atoms. The minimum absolute atomic E-state index is 0.125. The maximum absolute atomic E-state index is 12.2. The molecule has 2 heterocycles. The molecule has 1 aromatic carbocycles. The van der Waals surface area contributed by atoms with Crippen LogP contribution in [0.2, 0.25) is 0 Å². The average Bonchev–Trinajstić information content (AvgIpc) is 3.16. The maximum atomic E-state index is 12.2. The van der Waals surface area contributed by atoms with Crippen molar-refractivity contribution in [2.75, 3.05) is 37.0 Å². The van der Waals surface area contributed by atoms with Crippen LogP contribution in [-0.2, 0) is 9.59 Å². The van der Waals surface area contributed by atoms with E-state index in [1.165, 1.54) is 29.5 Å². The molecule has 1 aliphatic heterocycles. The topological polar surface area (TPSA) is 71.5 Å². The summed E-state index contributed by atoms with van der Waals surface area (Å²) in [5.41, 5.74) is 1.78. The lowest BCUT2D eigenvalue weighted by Gasteiger charge is -2.30. The van der Waals surface area contributed by atoms with E-state index in [9.17, 15) is 9.59 Å². The number of nitrogens with zero attached hydrogens (tertiary/aromatic N) is 2. The van der Waals surface area contributed by atoms with Crippen molar-refractivity contribution in [2.45, 2.75) is 19.8 Å². The normalized spacial score (nSPS) is 16.6. The second-order valence-electron chi connectivity index (χ2n) is 6.89. The highest BCUT2D eigenvalue weighted by Crippen LogP contribution is 2.26. The minimum Gasteiger partial charge on any atom is -0.497 e. The van der Waals surface area contributed by atoms with Crippen LogP contribution in [0.15, 0.2) is 29.6 Å². The van der Waals surface area contributed by atoms with Crippen LogP contribution in [0.5, 0.6) is 5.75 Å². The van der Waals surface area contributed by atoms with Gasteiger partial charge < -0.3 is 15.0 Å². The lowest BCUT2D eigenvalue weighted by molar-refractivity contribution is -0.130. The van der Waals surface area contributed by atoms with Gasteiger partial charge in [0.2, 0.25) is 11.8 Å². The standard InChI is InChI=1S/C20H25N3O3S2/c1-14-4-3-9-23(10-14)19(25)13-27-12-18(24)22-20-21-17(11-28-20)15-5-7-16(26-2)8-6-15/h5-8,11,14H,3-4,9-10,12-13H2,1-2H3,(H,21,22,24)/t14-/m1/s1. The predicted octanol–water partition coefficient (Wildman–Crippen LogP) is 3.75. The van der Waals surface area contributed by atoms with E-state index in [4.69, 9.17) is 4.74 Å². The van der Waals surface area contributed by atoms with E-state index in [2.05, 4.69) is 17.2 Å². The van der Waals surface area contributed by atoms with Gasteiger partial charge in [0, 0.05) is 24.0 Å². The Morgan fingerprint density at radius 1 is 1.32 bits per heavy atom. The van der Waals surface area contributed by atoms with E-state index in [1.807, 2.05) is 34.5 Å². The van der Waals surface area contributed by atoms with Crippen LogP contribution in [0.3, 0.4) is 0 Å². The predicted molar refractivity (Wildman–Crippen MR) is 115 cm³/mol. The molecule has 0 saturated carbocycles. The fourth-order valence-electron chi connectivity index (χ4n) is 3.12. The molecule has 0 unspecified atom stereocenters. The highest BCUT2D eigenvalue weighted by Gasteiger charge is 2.20. The van der Waals surface area contributed by atoms with Crippen molar-refractivity contribution >= 4 is 40.0 Å². The molecule has 8 heteroatoms. The molecule has 0 spiro atoms. The van der Waals surface area contributed by atoms with Crippen molar-refractivity contribution in [3.63, 3.8) is 0 Å². The third kappa shape index (κ3) is 5.72. The van der Waals surface area contributed by atoms with Gasteiger partial charge in [-0.2, -0.15) is 0 Å². The number of ether oxygens (including phenoxy) is 1. The van der Waals surface area contributed by atoms with Crippen LogP contribution in [0, 0.1) is 5.92 Å². The lowest BCUT2D eigenvalue weighted by Crippen LogP contribution is -2.40. The van der Waals surface area contributed by atoms with Crippen LogP contribution in [0.4, 0.5) is 5.13 Å². The third-order valence-corrected chi connectivity index (χ3v) is 6.28. The van der Waals surface area contributed by atoms with Crippen LogP contribution >= 0.6 is 23.1 Å². The first-order chi connectivity index (χ1) is 13.5. The summed E-state index contributed by atoms with van der Waals surface area (Å²) < 4.78 is 5.16. The maximum Gasteiger partial charge on any atom is 0.236 e. The van der Waals surface area contributed by atoms with Crippen molar-refractivity contribution in [3.05, 3.63) is 29.6 Å². The minimum atomic E-state index is -0.138. The number of benzene rings is 1. The SMILES string of the molecule is COc1ccc(-c2csc(NC(=O)CSCC(=O)N3CCC[C@@H](C)C3)n2)cc1. The lowest BCUT2D eigenvalue weighted by atomic mass is 10.0. The fourth-order valence-corrected chi connectivity index (χ4v) is 4.57. The molecule has 1 aliphatic rings. The number of hydrogen-bond acceptors (Lipinski definition) is 6. The van der Waals surface area contributed by atoms with Gasteiger partial charge in [-0.1, -0.05) is 6.92 Å². The smallest absolute Gasteiger partial charge is 0.236 e. The van der Waals surface area contributed by atoms with Crippen molar-refractivity contribution in [3.8, 4) is 17.0 Å². The van der Waals surface area contributed by atoms with Gasteiger partial charge in [0.15, 0.2) is 5.13 Å². The number of carbonyl (C=O) groups is 2. The number of nitrogens with one attached hydrogen (secondary N) is 1. The van der Waals surface area contributed by atoms with Crippen LogP contribution in [0.1, 0.15) is 19.8 Å². The number of hydrogen-bond donors (Lipinski definition) is 1. The second-order valence-corrected chi connectivity index (χ2v) is 8.74. The molecule has 1 saturated heterocycles. The van der Waals surface area contributed by atoms with Gasteiger partial charge in [-0.3, -0.25) is 9.59 Å². The molecule has 1 N–H and O–H groups in total. The van der Waals surface area contributed by atoms with E-state index in [0.29, 0.717) is 16.8 Å². The molecule has 0 radical (unpaired) electrons. The molecule has 150 valence electrons. The first-order valence-corrected chi connectivity index (χ1v) is 11.3. The highest BCUT2D eigenvalue weighted by atomic mass is 32.2. The van der Waals surface area contributed by atoms with Crippen molar-refractivity contribution in [2.24, 2.45) is 5.92 Å². The number of rotatable bonds is 7. The summed E-state index contributed by atoms with van der Waals surface area (Å²) in [4.78, 5) is 30.8. The van der Waals surface area contributed by atoms with E-state index in [0.717, 1.165) is 36.5 Å². The Kier molecular flexibility index (Phi) is 7.33. The molecular weight excluding hydrogens is 394 g/mol. The van der Waals surface area contributed by atoms with Crippen molar-refractivity contribution in [1.82, 2.24) is 9.88 Å². The number of piperidine rings is 1. The second kappa shape index (κ2) is 9.93. The van der Waals surface area contributed by atoms with Crippen LogP contribution < -0.4 is 10.1 Å². The van der Waals surface area contributed by atoms with Gasteiger partial charge in [0.1, 0.15) is 5.75 Å². The van der Waals surface area contributed by atoms with Gasteiger partial charge in [0.25, 0.3) is 0 Å². The number of likely N-dealkylation sites (tertiary alicyclic amines) is 1. The number of anilines is 1. The molecule has 2 aromatic rings. The van der Waals surface area contributed by atoms with E-state index < -0.39 is 0 Å². The first-order valence-electron chi connectivity index (χ1n) is 9.30. The van der Waals surface area contributed by atoms with Crippen molar-refractivity contribution < 1.29 is 14.3 Å². The fraction of sp³-hybridized carbons (Fsp3) is 0.450. The van der Waals surface area contributed by atoms with Gasteiger partial charge >= 0.3 is 0 Å². The number of amides is 2. The first kappa shape index (κ1) is 20.7. The molecule has 1 atom stereocenters. The quantitative estimate of drug-likeness (QED) is 0.740. The molecule has 1 aromatic heterocycles. The summed E-state index contributed by atoms with van der Waals surface area (Å²) in [5.74, 6) is 1.93. The molecule has 1 fully saturated rings. The summed E-state index contributed by atoms with van der Waals surface area (Å²) in [6.45, 7) is 3.84. The Bertz CT molecular complexity index is 807. The molecule has 0 aliphatic carbocycles. The zero-order valence-corrected chi connectivity index (χ0v) is 17.8. The molecule has 2 amide bonds. The largest absolute Gasteiger partial charge is 0.497 e. The summed E-state index contributed by atoms with van der Waals surface area (Å²) in [7, 11) is 1.63. The van der Waals surface area contributed by atoms with E-state index in [1.54, 1.807) is 7.11 Å². The van der Waals surface area contributed by atoms with Crippen LogP contribution in [0.25, 0.3) is 11.3 Å². The molecule has 28 heavy (non-hydrogen) atoms. The summed E-state index contributed by atoms with van der Waals surface area (Å²) in [6.07, 6.45) is 2.25. The van der Waals surface area contributed by atoms with Gasteiger partial charge in [-0.25, -0.2) is 4.98 Å². The number of carbonyl (C=O) groups excluding carboxylic acids is 2. The van der Waals surface area contributed by atoms with Gasteiger partial charge in [0.05, 0.1) is 24.3 Å². The Labute approximate surface area is 173 Å². The summed E-state index contributed by atoms with van der Waals surface area (Å²) >= 11 is 2.74. The van der Waals surface area contributed by atoms with E-state index >= 15 is 0 Å². The Morgan fingerprint density at radius 3 is 2.82 bits per heavy atom. The molecule has 6 nitrogen and oxygen atoms in total. The summed E-state index contributed by atoms with van der Waals surface area (Å²) in [5, 5.41) is 5.28. The number of methoxy groups -OCH3 is 1. The van der Waals surface area contributed by atoms with Crippen LogP contribution in [-0.4, -0.2) is 53.4 Å². The molecule has 3 rings (SSSR count). The molecular formula is C20H25N3O3S2. The van der Waals surface area contributed by atoms with E-state index in [-0.39, 0.29) is 17.6 Å². The number of thiazole rings is 1. The highest BCUT2D eigenvalue weighted by molar-refractivity contribution is 8.00. The zero-order chi connectivity index (χ0) is 19.9.